The van der Waals surface area contributed by atoms with Gasteiger partial charge in [-0.1, -0.05) is 0 Å². The van der Waals surface area contributed by atoms with Crippen LogP contribution in [0.25, 0.3) is 0 Å². The standard InChI is InChI=1S/C15H25N5O2/c1-12-5-7-19(16-12)8-6-14(21)20-10-9-18(4)11-13(20)15(22)17(2)3/h5,7,13H,6,8-11H2,1-4H3. The average molecular weight is 307 g/mol. The number of aromatic nitrogens is 2. The van der Waals surface area contributed by atoms with E-state index in [1.807, 2.05) is 26.2 Å². The number of amides is 2. The summed E-state index contributed by atoms with van der Waals surface area (Å²) in [5.41, 5.74) is 0.938. The van der Waals surface area contributed by atoms with Crippen molar-refractivity contribution in [2.45, 2.75) is 25.9 Å². The molecule has 2 rings (SSSR count). The SMILES string of the molecule is Cc1ccn(CCC(=O)N2CCN(C)CC2C(=O)N(C)C)n1. The molecule has 7 heteroatoms. The van der Waals surface area contributed by atoms with E-state index >= 15 is 0 Å². The third-order valence-electron chi connectivity index (χ3n) is 3.96. The van der Waals surface area contributed by atoms with Crippen LogP contribution in [-0.2, 0) is 16.1 Å². The van der Waals surface area contributed by atoms with E-state index < -0.39 is 0 Å². The van der Waals surface area contributed by atoms with Gasteiger partial charge in [0.05, 0.1) is 5.69 Å². The van der Waals surface area contributed by atoms with Crippen LogP contribution in [-0.4, -0.2) is 83.1 Å². The predicted octanol–water partition coefficient (Wildman–Crippen LogP) is -0.188. The first kappa shape index (κ1) is 16.5. The Morgan fingerprint density at radius 3 is 2.68 bits per heavy atom. The van der Waals surface area contributed by atoms with Crippen molar-refractivity contribution in [2.75, 3.05) is 40.8 Å². The molecule has 0 aromatic carbocycles. The van der Waals surface area contributed by atoms with Crippen molar-refractivity contribution in [3.8, 4) is 0 Å². The second-order valence-electron chi connectivity index (χ2n) is 6.07. The summed E-state index contributed by atoms with van der Waals surface area (Å²) in [6.07, 6.45) is 2.23. The quantitative estimate of drug-likeness (QED) is 0.774. The molecule has 1 fully saturated rings. The first-order valence-corrected chi connectivity index (χ1v) is 7.57. The fourth-order valence-electron chi connectivity index (χ4n) is 2.67. The van der Waals surface area contributed by atoms with Crippen molar-refractivity contribution in [2.24, 2.45) is 0 Å². The highest BCUT2D eigenvalue weighted by atomic mass is 16.2. The molecule has 1 unspecified atom stereocenters. The van der Waals surface area contributed by atoms with Crippen molar-refractivity contribution in [1.82, 2.24) is 24.5 Å². The molecule has 0 spiro atoms. The lowest BCUT2D eigenvalue weighted by Crippen LogP contribution is -2.59. The minimum absolute atomic E-state index is 0.0152. The van der Waals surface area contributed by atoms with Gasteiger partial charge in [0.1, 0.15) is 6.04 Å². The largest absolute Gasteiger partial charge is 0.347 e. The lowest BCUT2D eigenvalue weighted by atomic mass is 10.1. The van der Waals surface area contributed by atoms with Crippen LogP contribution in [0.1, 0.15) is 12.1 Å². The number of piperazine rings is 1. The van der Waals surface area contributed by atoms with Gasteiger partial charge >= 0.3 is 0 Å². The van der Waals surface area contributed by atoms with Crippen LogP contribution in [0.4, 0.5) is 0 Å². The molecule has 2 heterocycles. The minimum Gasteiger partial charge on any atom is -0.347 e. The number of hydrogen-bond acceptors (Lipinski definition) is 4. The maximum absolute atomic E-state index is 12.5. The predicted molar refractivity (Wildman–Crippen MR) is 83.3 cm³/mol. The van der Waals surface area contributed by atoms with Crippen LogP contribution in [0.15, 0.2) is 12.3 Å². The van der Waals surface area contributed by atoms with E-state index in [9.17, 15) is 9.59 Å². The van der Waals surface area contributed by atoms with Crippen LogP contribution in [0, 0.1) is 6.92 Å². The monoisotopic (exact) mass is 307 g/mol. The molecule has 1 aromatic heterocycles. The highest BCUT2D eigenvalue weighted by Crippen LogP contribution is 2.12. The van der Waals surface area contributed by atoms with Crippen LogP contribution >= 0.6 is 0 Å². The van der Waals surface area contributed by atoms with E-state index in [0.29, 0.717) is 26.1 Å². The van der Waals surface area contributed by atoms with Gasteiger partial charge in [0.25, 0.3) is 0 Å². The molecule has 1 saturated heterocycles. The molecule has 0 bridgehead atoms. The molecule has 1 aliphatic heterocycles. The van der Waals surface area contributed by atoms with Gasteiger partial charge in [-0.05, 0) is 20.0 Å². The molecule has 0 radical (unpaired) electrons. The number of rotatable bonds is 4. The number of carbonyl (C=O) groups excluding carboxylic acids is 2. The Hall–Kier alpha value is -1.89. The summed E-state index contributed by atoms with van der Waals surface area (Å²) in [5.74, 6) is -0.00344. The first-order valence-electron chi connectivity index (χ1n) is 7.57. The van der Waals surface area contributed by atoms with E-state index in [2.05, 4.69) is 10.00 Å². The molecule has 7 nitrogen and oxygen atoms in total. The Kier molecular flexibility index (Phi) is 5.18. The van der Waals surface area contributed by atoms with Crippen LogP contribution in [0.5, 0.6) is 0 Å². The van der Waals surface area contributed by atoms with Crippen molar-refractivity contribution in [1.29, 1.82) is 0 Å². The first-order chi connectivity index (χ1) is 10.4. The minimum atomic E-state index is -0.388. The molecule has 122 valence electrons. The normalized spacial score (nSPS) is 19.3. The Bertz CT molecular complexity index is 540. The van der Waals surface area contributed by atoms with Crippen molar-refractivity contribution < 1.29 is 9.59 Å². The summed E-state index contributed by atoms with van der Waals surface area (Å²) in [6, 6.07) is 1.53. The molecule has 22 heavy (non-hydrogen) atoms. The summed E-state index contributed by atoms with van der Waals surface area (Å²) >= 11 is 0. The fourth-order valence-corrected chi connectivity index (χ4v) is 2.67. The number of aryl methyl sites for hydroxylation is 2. The van der Waals surface area contributed by atoms with E-state index in [1.165, 1.54) is 0 Å². The maximum atomic E-state index is 12.5. The van der Waals surface area contributed by atoms with Gasteiger partial charge in [-0.15, -0.1) is 0 Å². The lowest BCUT2D eigenvalue weighted by molar-refractivity contribution is -0.147. The molecule has 2 amide bonds. The van der Waals surface area contributed by atoms with Crippen molar-refractivity contribution in [3.63, 3.8) is 0 Å². The van der Waals surface area contributed by atoms with Crippen molar-refractivity contribution >= 4 is 11.8 Å². The van der Waals surface area contributed by atoms with Crippen LogP contribution < -0.4 is 0 Å². The van der Waals surface area contributed by atoms with Gasteiger partial charge in [-0.2, -0.15) is 5.10 Å². The number of likely N-dealkylation sites (N-methyl/N-ethyl adjacent to an activating group) is 2. The summed E-state index contributed by atoms with van der Waals surface area (Å²) in [4.78, 5) is 30.2. The van der Waals surface area contributed by atoms with Gasteiger partial charge in [0.15, 0.2) is 0 Å². The van der Waals surface area contributed by atoms with Gasteiger partial charge < -0.3 is 14.7 Å². The second-order valence-corrected chi connectivity index (χ2v) is 6.07. The molecule has 0 saturated carbocycles. The van der Waals surface area contributed by atoms with E-state index in [4.69, 9.17) is 0 Å². The zero-order chi connectivity index (χ0) is 16.3. The molecule has 1 aliphatic rings. The number of nitrogens with zero attached hydrogens (tertiary/aromatic N) is 5. The molecule has 1 aromatic rings. The third kappa shape index (κ3) is 3.85. The third-order valence-corrected chi connectivity index (χ3v) is 3.96. The zero-order valence-corrected chi connectivity index (χ0v) is 13.8. The smallest absolute Gasteiger partial charge is 0.246 e. The Morgan fingerprint density at radius 1 is 1.36 bits per heavy atom. The Morgan fingerprint density at radius 2 is 2.09 bits per heavy atom. The maximum Gasteiger partial charge on any atom is 0.246 e. The van der Waals surface area contributed by atoms with E-state index in [-0.39, 0.29) is 17.9 Å². The summed E-state index contributed by atoms with van der Waals surface area (Å²) in [6.45, 7) is 4.44. The molecular formula is C15H25N5O2. The number of carbonyl (C=O) groups is 2. The topological polar surface area (TPSA) is 61.7 Å². The second kappa shape index (κ2) is 6.91. The summed E-state index contributed by atoms with van der Waals surface area (Å²) < 4.78 is 1.77. The Balaban J connectivity index is 2.00. The molecule has 1 atom stereocenters. The fraction of sp³-hybridized carbons (Fsp3) is 0.667. The van der Waals surface area contributed by atoms with Gasteiger partial charge in [0.2, 0.25) is 11.8 Å². The molecule has 0 N–H and O–H groups in total. The molecule has 0 aliphatic carbocycles. The average Bonchev–Trinajstić information content (AvgIpc) is 2.89. The zero-order valence-electron chi connectivity index (χ0n) is 13.8. The Labute approximate surface area is 131 Å². The number of hydrogen-bond donors (Lipinski definition) is 0. The van der Waals surface area contributed by atoms with Crippen LogP contribution in [0.3, 0.4) is 0 Å². The highest BCUT2D eigenvalue weighted by molar-refractivity contribution is 5.87. The van der Waals surface area contributed by atoms with Gasteiger partial charge in [-0.3, -0.25) is 14.3 Å². The van der Waals surface area contributed by atoms with Gasteiger partial charge in [-0.25, -0.2) is 0 Å². The molecular weight excluding hydrogens is 282 g/mol. The van der Waals surface area contributed by atoms with E-state index in [1.54, 1.807) is 28.6 Å². The summed E-state index contributed by atoms with van der Waals surface area (Å²) in [7, 11) is 5.43. The summed E-state index contributed by atoms with van der Waals surface area (Å²) in [5, 5.41) is 4.28. The van der Waals surface area contributed by atoms with Crippen LogP contribution in [0.2, 0.25) is 0 Å². The van der Waals surface area contributed by atoms with Gasteiger partial charge in [0, 0.05) is 52.9 Å². The lowest BCUT2D eigenvalue weighted by Gasteiger charge is -2.40. The highest BCUT2D eigenvalue weighted by Gasteiger charge is 2.34. The van der Waals surface area contributed by atoms with Crippen molar-refractivity contribution in [3.05, 3.63) is 18.0 Å². The van der Waals surface area contributed by atoms with E-state index in [0.717, 1.165) is 12.2 Å².